The zero-order valence-corrected chi connectivity index (χ0v) is 20.3. The van der Waals surface area contributed by atoms with E-state index in [0.717, 1.165) is 68.8 Å². The van der Waals surface area contributed by atoms with Crippen LogP contribution in [0.2, 0.25) is 0 Å². The van der Waals surface area contributed by atoms with Gasteiger partial charge in [-0.3, -0.25) is 4.90 Å². The second kappa shape index (κ2) is 10.9. The third-order valence-corrected chi connectivity index (χ3v) is 7.93. The molecule has 0 saturated carbocycles. The first kappa shape index (κ1) is 22.6. The number of aromatic nitrogens is 3. The molecule has 6 heteroatoms. The van der Waals surface area contributed by atoms with Gasteiger partial charge in [0.15, 0.2) is 5.16 Å². The van der Waals surface area contributed by atoms with Gasteiger partial charge in [-0.15, -0.1) is 10.2 Å². The summed E-state index contributed by atoms with van der Waals surface area (Å²) in [7, 11) is 0. The highest BCUT2D eigenvalue weighted by Crippen LogP contribution is 2.31. The highest BCUT2D eigenvalue weighted by molar-refractivity contribution is 7.99. The van der Waals surface area contributed by atoms with Gasteiger partial charge in [0.2, 0.25) is 0 Å². The van der Waals surface area contributed by atoms with E-state index in [2.05, 4.69) is 76.1 Å². The molecule has 3 aromatic rings. The summed E-state index contributed by atoms with van der Waals surface area (Å²) in [5.74, 6) is 2.58. The van der Waals surface area contributed by atoms with Gasteiger partial charge in [0, 0.05) is 24.8 Å². The lowest BCUT2D eigenvalue weighted by Crippen LogP contribution is -2.33. The van der Waals surface area contributed by atoms with E-state index in [-0.39, 0.29) is 0 Å². The summed E-state index contributed by atoms with van der Waals surface area (Å²) in [6.07, 6.45) is 4.95. The van der Waals surface area contributed by atoms with Crippen molar-refractivity contribution in [2.45, 2.75) is 62.9 Å². The number of aryl methyl sites for hydroxylation is 1. The fraction of sp³-hybridized carbons (Fsp3) is 0.481. The summed E-state index contributed by atoms with van der Waals surface area (Å²) >= 11 is 1.81. The second-order valence-corrected chi connectivity index (χ2v) is 10.4. The summed E-state index contributed by atoms with van der Waals surface area (Å²) < 4.78 is 8.21. The minimum atomic E-state index is 0.352. The lowest BCUT2D eigenvalue weighted by atomic mass is 9.95. The average molecular weight is 463 g/mol. The molecule has 33 heavy (non-hydrogen) atoms. The van der Waals surface area contributed by atoms with Gasteiger partial charge >= 0.3 is 0 Å². The number of hydrogen-bond acceptors (Lipinski definition) is 5. The molecule has 5 rings (SSSR count). The molecule has 1 aromatic heterocycles. The fourth-order valence-electron chi connectivity index (χ4n) is 4.87. The fourth-order valence-corrected chi connectivity index (χ4v) is 5.88. The maximum absolute atomic E-state index is 5.84. The second-order valence-electron chi connectivity index (χ2n) is 9.39. The van der Waals surface area contributed by atoms with Crippen LogP contribution in [0.1, 0.15) is 54.1 Å². The van der Waals surface area contributed by atoms with E-state index in [4.69, 9.17) is 9.84 Å². The van der Waals surface area contributed by atoms with E-state index >= 15 is 0 Å². The van der Waals surface area contributed by atoms with Crippen molar-refractivity contribution in [1.29, 1.82) is 0 Å². The SMILES string of the molecule is Cc1ccc(CN2CCC(c3nnc(SC[C@@H]4CCCO4)n3Cc3ccccc3)CC2)cc1. The van der Waals surface area contributed by atoms with Crippen molar-refractivity contribution >= 4 is 11.8 Å². The number of rotatable bonds is 8. The van der Waals surface area contributed by atoms with E-state index < -0.39 is 0 Å². The van der Waals surface area contributed by atoms with Gasteiger partial charge in [0.25, 0.3) is 0 Å². The van der Waals surface area contributed by atoms with E-state index in [1.165, 1.54) is 23.1 Å². The van der Waals surface area contributed by atoms with Crippen LogP contribution in [0.4, 0.5) is 0 Å². The third-order valence-electron chi connectivity index (χ3n) is 6.83. The van der Waals surface area contributed by atoms with Crippen molar-refractivity contribution < 1.29 is 4.74 Å². The number of likely N-dealkylation sites (tertiary alicyclic amines) is 1. The Morgan fingerprint density at radius 3 is 2.39 bits per heavy atom. The quantitative estimate of drug-likeness (QED) is 0.426. The molecular weight excluding hydrogens is 428 g/mol. The molecule has 0 aliphatic carbocycles. The largest absolute Gasteiger partial charge is 0.377 e. The maximum atomic E-state index is 5.84. The Morgan fingerprint density at radius 2 is 1.67 bits per heavy atom. The number of ether oxygens (including phenoxy) is 1. The molecular formula is C27H34N4OS. The van der Waals surface area contributed by atoms with Gasteiger partial charge in [-0.1, -0.05) is 71.9 Å². The van der Waals surface area contributed by atoms with Gasteiger partial charge in [-0.25, -0.2) is 0 Å². The van der Waals surface area contributed by atoms with Crippen LogP contribution in [-0.4, -0.2) is 51.2 Å². The van der Waals surface area contributed by atoms with E-state index in [1.807, 2.05) is 0 Å². The van der Waals surface area contributed by atoms with Crippen molar-refractivity contribution in [3.8, 4) is 0 Å². The summed E-state index contributed by atoms with van der Waals surface area (Å²) in [4.78, 5) is 2.58. The average Bonchev–Trinajstić information content (AvgIpc) is 3.51. The van der Waals surface area contributed by atoms with E-state index in [0.29, 0.717) is 12.0 Å². The molecule has 0 bridgehead atoms. The van der Waals surface area contributed by atoms with Crippen molar-refractivity contribution in [3.05, 3.63) is 77.1 Å². The molecule has 2 fully saturated rings. The zero-order valence-electron chi connectivity index (χ0n) is 19.5. The Bertz CT molecular complexity index is 1010. The topological polar surface area (TPSA) is 43.2 Å². The number of hydrogen-bond donors (Lipinski definition) is 0. The van der Waals surface area contributed by atoms with Gasteiger partial charge in [0.1, 0.15) is 5.82 Å². The minimum absolute atomic E-state index is 0.352. The molecule has 0 radical (unpaired) electrons. The molecule has 0 spiro atoms. The lowest BCUT2D eigenvalue weighted by molar-refractivity contribution is 0.129. The number of thioether (sulfide) groups is 1. The van der Waals surface area contributed by atoms with E-state index in [1.54, 1.807) is 11.8 Å². The smallest absolute Gasteiger partial charge is 0.191 e. The van der Waals surface area contributed by atoms with Crippen molar-refractivity contribution in [1.82, 2.24) is 19.7 Å². The highest BCUT2D eigenvalue weighted by atomic mass is 32.2. The number of nitrogens with zero attached hydrogens (tertiary/aromatic N) is 4. The predicted octanol–water partition coefficient (Wildman–Crippen LogP) is 5.29. The van der Waals surface area contributed by atoms with Crippen LogP contribution >= 0.6 is 11.8 Å². The lowest BCUT2D eigenvalue weighted by Gasteiger charge is -2.31. The predicted molar refractivity (Wildman–Crippen MR) is 134 cm³/mol. The molecule has 174 valence electrons. The molecule has 5 nitrogen and oxygen atoms in total. The molecule has 3 heterocycles. The van der Waals surface area contributed by atoms with Crippen molar-refractivity contribution in [2.75, 3.05) is 25.4 Å². The Hall–Kier alpha value is -2.15. The van der Waals surface area contributed by atoms with Gasteiger partial charge < -0.3 is 9.30 Å². The first-order chi connectivity index (χ1) is 16.2. The Labute approximate surface area is 201 Å². The molecule has 2 aliphatic rings. The van der Waals surface area contributed by atoms with Crippen molar-refractivity contribution in [3.63, 3.8) is 0 Å². The molecule has 2 saturated heterocycles. The van der Waals surface area contributed by atoms with Crippen LogP contribution in [0.3, 0.4) is 0 Å². The normalized spacial score (nSPS) is 19.8. The summed E-state index contributed by atoms with van der Waals surface area (Å²) in [6.45, 7) is 7.12. The van der Waals surface area contributed by atoms with Crippen LogP contribution in [-0.2, 0) is 17.8 Å². The molecule has 2 aliphatic heterocycles. The van der Waals surface area contributed by atoms with Gasteiger partial charge in [0.05, 0.1) is 12.6 Å². The minimum Gasteiger partial charge on any atom is -0.377 e. The number of piperidine rings is 1. The van der Waals surface area contributed by atoms with Crippen LogP contribution in [0.25, 0.3) is 0 Å². The summed E-state index contributed by atoms with van der Waals surface area (Å²) in [6, 6.07) is 19.6. The molecule has 2 aromatic carbocycles. The number of benzene rings is 2. The van der Waals surface area contributed by atoms with Crippen molar-refractivity contribution in [2.24, 2.45) is 0 Å². The molecule has 0 amide bonds. The van der Waals surface area contributed by atoms with E-state index in [9.17, 15) is 0 Å². The Kier molecular flexibility index (Phi) is 7.44. The first-order valence-corrected chi connectivity index (χ1v) is 13.2. The van der Waals surface area contributed by atoms with Crippen LogP contribution in [0, 0.1) is 6.92 Å². The monoisotopic (exact) mass is 462 g/mol. The van der Waals surface area contributed by atoms with Crippen LogP contribution < -0.4 is 0 Å². The Morgan fingerprint density at radius 1 is 0.909 bits per heavy atom. The highest BCUT2D eigenvalue weighted by Gasteiger charge is 2.27. The summed E-state index contributed by atoms with van der Waals surface area (Å²) in [5, 5.41) is 10.4. The molecule has 0 N–H and O–H groups in total. The van der Waals surface area contributed by atoms with Gasteiger partial charge in [-0.2, -0.15) is 0 Å². The van der Waals surface area contributed by atoms with Gasteiger partial charge in [-0.05, 0) is 56.8 Å². The molecule has 1 atom stereocenters. The standard InChI is InChI=1S/C27H34N4OS/c1-21-9-11-23(12-10-21)18-30-15-13-24(14-16-30)26-28-29-27(33-20-25-8-5-17-32-25)31(26)19-22-6-3-2-4-7-22/h2-4,6-7,9-12,24-25H,5,8,13-20H2,1H3/t25-/m0/s1. The molecule has 0 unspecified atom stereocenters. The van der Waals surface area contributed by atoms with Crippen LogP contribution in [0.15, 0.2) is 59.8 Å². The Balaban J connectivity index is 1.27. The first-order valence-electron chi connectivity index (χ1n) is 12.2. The summed E-state index contributed by atoms with van der Waals surface area (Å²) in [5.41, 5.74) is 4.02. The third kappa shape index (κ3) is 5.86. The zero-order chi connectivity index (χ0) is 22.5. The maximum Gasteiger partial charge on any atom is 0.191 e. The van der Waals surface area contributed by atoms with Crippen LogP contribution in [0.5, 0.6) is 0 Å².